The molecule has 1 aromatic rings. The van der Waals surface area contributed by atoms with Gasteiger partial charge in [0.15, 0.2) is 0 Å². The molecule has 0 atom stereocenters. The minimum Gasteiger partial charge on any atom is -0.379 e. The van der Waals surface area contributed by atoms with Crippen molar-refractivity contribution in [3.8, 4) is 0 Å². The zero-order chi connectivity index (χ0) is 19.8. The molecule has 9 nitrogen and oxygen atoms in total. The number of sulfonamides is 1. The number of rotatable bonds is 7. The standard InChI is InChI=1S/C18H29N5O4S/c24-18(19-6-13-28(25,26)23-9-11-27-12-10-23)21-15-16-4-5-17(20-14-16)22-7-2-1-3-8-22/h4-5,14H,1-3,6-13,15H2,(H2,19,21,24). The maximum atomic E-state index is 12.2. The van der Waals surface area contributed by atoms with Gasteiger partial charge in [0.05, 0.1) is 19.0 Å². The number of urea groups is 1. The summed E-state index contributed by atoms with van der Waals surface area (Å²) in [7, 11) is -3.37. The number of nitrogens with zero attached hydrogens (tertiary/aromatic N) is 3. The summed E-state index contributed by atoms with van der Waals surface area (Å²) in [6.07, 6.45) is 5.45. The molecule has 156 valence electrons. The smallest absolute Gasteiger partial charge is 0.315 e. The lowest BCUT2D eigenvalue weighted by molar-refractivity contribution is 0.0730. The van der Waals surface area contributed by atoms with E-state index >= 15 is 0 Å². The molecule has 1 aromatic heterocycles. The molecule has 2 fully saturated rings. The van der Waals surface area contributed by atoms with Gasteiger partial charge >= 0.3 is 6.03 Å². The topological polar surface area (TPSA) is 104 Å². The molecule has 3 rings (SSSR count). The van der Waals surface area contributed by atoms with Crippen molar-refractivity contribution >= 4 is 21.9 Å². The number of hydrogen-bond acceptors (Lipinski definition) is 6. The van der Waals surface area contributed by atoms with Crippen molar-refractivity contribution in [1.82, 2.24) is 19.9 Å². The van der Waals surface area contributed by atoms with Gasteiger partial charge in [0.2, 0.25) is 10.0 Å². The maximum Gasteiger partial charge on any atom is 0.315 e. The fourth-order valence-electron chi connectivity index (χ4n) is 3.32. The van der Waals surface area contributed by atoms with Gasteiger partial charge in [-0.15, -0.1) is 0 Å². The van der Waals surface area contributed by atoms with Crippen LogP contribution >= 0.6 is 0 Å². The second kappa shape index (κ2) is 10.0. The molecule has 2 N–H and O–H groups in total. The highest BCUT2D eigenvalue weighted by Crippen LogP contribution is 2.17. The number of aromatic nitrogens is 1. The van der Waals surface area contributed by atoms with E-state index < -0.39 is 16.1 Å². The Balaban J connectivity index is 1.37. The third-order valence-corrected chi connectivity index (χ3v) is 6.82. The Bertz CT molecular complexity index is 729. The molecular formula is C18H29N5O4S. The number of morpholine rings is 1. The second-order valence-electron chi connectivity index (χ2n) is 7.01. The number of piperidine rings is 1. The van der Waals surface area contributed by atoms with Gasteiger partial charge in [-0.25, -0.2) is 18.2 Å². The van der Waals surface area contributed by atoms with Gasteiger partial charge in [0.1, 0.15) is 5.82 Å². The Morgan fingerprint density at radius 2 is 1.82 bits per heavy atom. The summed E-state index contributed by atoms with van der Waals surface area (Å²) < 4.78 is 31.0. The molecule has 28 heavy (non-hydrogen) atoms. The first-order valence-electron chi connectivity index (χ1n) is 9.82. The van der Waals surface area contributed by atoms with Crippen molar-refractivity contribution < 1.29 is 17.9 Å². The molecule has 0 unspecified atom stereocenters. The molecular weight excluding hydrogens is 382 g/mol. The third kappa shape index (κ3) is 6.05. The summed E-state index contributed by atoms with van der Waals surface area (Å²) in [5.74, 6) is 0.855. The molecule has 3 heterocycles. The molecule has 0 aromatic carbocycles. The van der Waals surface area contributed by atoms with Crippen LogP contribution in [0.4, 0.5) is 10.6 Å². The third-order valence-electron chi connectivity index (χ3n) is 4.95. The summed E-state index contributed by atoms with van der Waals surface area (Å²) in [5.41, 5.74) is 0.900. The number of anilines is 1. The van der Waals surface area contributed by atoms with Crippen molar-refractivity contribution in [2.24, 2.45) is 0 Å². The first-order valence-corrected chi connectivity index (χ1v) is 11.4. The number of ether oxygens (including phenoxy) is 1. The molecule has 10 heteroatoms. The molecule has 0 aliphatic carbocycles. The number of carbonyl (C=O) groups excluding carboxylic acids is 1. The fraction of sp³-hybridized carbons (Fsp3) is 0.667. The van der Waals surface area contributed by atoms with Crippen molar-refractivity contribution in [3.05, 3.63) is 23.9 Å². The number of carbonyl (C=O) groups is 1. The van der Waals surface area contributed by atoms with E-state index in [0.29, 0.717) is 32.8 Å². The lowest BCUT2D eigenvalue weighted by Gasteiger charge is -2.27. The van der Waals surface area contributed by atoms with E-state index in [1.54, 1.807) is 6.20 Å². The van der Waals surface area contributed by atoms with E-state index in [9.17, 15) is 13.2 Å². The van der Waals surface area contributed by atoms with Crippen LogP contribution in [0, 0.1) is 0 Å². The predicted octanol–water partition coefficient (Wildman–Crippen LogP) is 0.533. The van der Waals surface area contributed by atoms with Gasteiger partial charge in [-0.1, -0.05) is 6.07 Å². The molecule has 2 aliphatic heterocycles. The van der Waals surface area contributed by atoms with Gasteiger partial charge < -0.3 is 20.3 Å². The van der Waals surface area contributed by atoms with Crippen LogP contribution in [0.5, 0.6) is 0 Å². The van der Waals surface area contributed by atoms with Gasteiger partial charge in [0.25, 0.3) is 0 Å². The van der Waals surface area contributed by atoms with Crippen LogP contribution in [0.15, 0.2) is 18.3 Å². The Morgan fingerprint density at radius 3 is 2.50 bits per heavy atom. The van der Waals surface area contributed by atoms with E-state index in [4.69, 9.17) is 4.74 Å². The summed E-state index contributed by atoms with van der Waals surface area (Å²) in [4.78, 5) is 18.7. The van der Waals surface area contributed by atoms with Gasteiger partial charge in [0, 0.05) is 45.5 Å². The van der Waals surface area contributed by atoms with Gasteiger partial charge in [-0.2, -0.15) is 4.31 Å². The Morgan fingerprint density at radius 1 is 1.07 bits per heavy atom. The van der Waals surface area contributed by atoms with Crippen molar-refractivity contribution in [1.29, 1.82) is 0 Å². The first-order chi connectivity index (χ1) is 13.5. The second-order valence-corrected chi connectivity index (χ2v) is 9.10. The van der Waals surface area contributed by atoms with Crippen LogP contribution < -0.4 is 15.5 Å². The Labute approximate surface area is 166 Å². The quantitative estimate of drug-likeness (QED) is 0.679. The number of amides is 2. The normalized spacial score (nSPS) is 18.6. The van der Waals surface area contributed by atoms with Crippen LogP contribution in [0.25, 0.3) is 0 Å². The predicted molar refractivity (Wildman–Crippen MR) is 107 cm³/mol. The number of pyridine rings is 1. The highest BCUT2D eigenvalue weighted by Gasteiger charge is 2.23. The highest BCUT2D eigenvalue weighted by atomic mass is 32.2. The Kier molecular flexibility index (Phi) is 7.46. The van der Waals surface area contributed by atoms with E-state index in [-0.39, 0.29) is 12.3 Å². The summed E-state index contributed by atoms with van der Waals surface area (Å²) in [6.45, 7) is 4.06. The average molecular weight is 412 g/mol. The molecule has 0 bridgehead atoms. The summed E-state index contributed by atoms with van der Waals surface area (Å²) in [5, 5.41) is 5.33. The molecule has 0 radical (unpaired) electrons. The van der Waals surface area contributed by atoms with E-state index in [0.717, 1.165) is 24.5 Å². The zero-order valence-corrected chi connectivity index (χ0v) is 16.9. The monoisotopic (exact) mass is 411 g/mol. The van der Waals surface area contributed by atoms with Crippen LogP contribution in [-0.2, 0) is 21.3 Å². The van der Waals surface area contributed by atoms with Crippen molar-refractivity contribution in [2.75, 3.05) is 56.6 Å². The molecule has 0 spiro atoms. The number of nitrogens with one attached hydrogen (secondary N) is 2. The first kappa shape index (κ1) is 20.8. The van der Waals surface area contributed by atoms with Crippen LogP contribution in [-0.4, -0.2) is 75.4 Å². The Hall–Kier alpha value is -1.91. The van der Waals surface area contributed by atoms with E-state index in [1.807, 2.05) is 12.1 Å². The van der Waals surface area contributed by atoms with E-state index in [1.165, 1.54) is 23.6 Å². The molecule has 2 aliphatic rings. The van der Waals surface area contributed by atoms with Crippen LogP contribution in [0.1, 0.15) is 24.8 Å². The SMILES string of the molecule is O=C(NCCS(=O)(=O)N1CCOCC1)NCc1ccc(N2CCCCC2)nc1. The maximum absolute atomic E-state index is 12.2. The minimum absolute atomic E-state index is 0.0671. The highest BCUT2D eigenvalue weighted by molar-refractivity contribution is 7.89. The van der Waals surface area contributed by atoms with Crippen molar-refractivity contribution in [2.45, 2.75) is 25.8 Å². The largest absolute Gasteiger partial charge is 0.379 e. The summed E-state index contributed by atoms with van der Waals surface area (Å²) >= 11 is 0. The van der Waals surface area contributed by atoms with Crippen LogP contribution in [0.3, 0.4) is 0 Å². The molecule has 2 amide bonds. The van der Waals surface area contributed by atoms with Crippen molar-refractivity contribution in [3.63, 3.8) is 0 Å². The van der Waals surface area contributed by atoms with Crippen LogP contribution in [0.2, 0.25) is 0 Å². The van der Waals surface area contributed by atoms with Gasteiger partial charge in [-0.05, 0) is 30.9 Å². The lowest BCUT2D eigenvalue weighted by Crippen LogP contribution is -2.44. The number of hydrogen-bond donors (Lipinski definition) is 2. The van der Waals surface area contributed by atoms with Gasteiger partial charge in [-0.3, -0.25) is 0 Å². The van der Waals surface area contributed by atoms with E-state index in [2.05, 4.69) is 20.5 Å². The molecule has 2 saturated heterocycles. The lowest BCUT2D eigenvalue weighted by atomic mass is 10.1. The minimum atomic E-state index is -3.37. The molecule has 0 saturated carbocycles. The fourth-order valence-corrected chi connectivity index (χ4v) is 4.65. The summed E-state index contributed by atoms with van der Waals surface area (Å²) in [6, 6.07) is 3.55. The average Bonchev–Trinajstić information content (AvgIpc) is 2.74. The zero-order valence-electron chi connectivity index (χ0n) is 16.1.